The van der Waals surface area contributed by atoms with Gasteiger partial charge in [-0.2, -0.15) is 0 Å². The zero-order valence-electron chi connectivity index (χ0n) is 11.0. The van der Waals surface area contributed by atoms with Crippen LogP contribution in [0.2, 0.25) is 5.02 Å². The first kappa shape index (κ1) is 13.9. The summed E-state index contributed by atoms with van der Waals surface area (Å²) in [5, 5.41) is 4.21. The molecule has 0 unspecified atom stereocenters. The molecule has 3 heteroatoms. The predicted molar refractivity (Wildman–Crippen MR) is 76.0 cm³/mol. The van der Waals surface area contributed by atoms with Crippen LogP contribution in [0.5, 0.6) is 0 Å². The molecule has 100 valence electrons. The van der Waals surface area contributed by atoms with E-state index in [2.05, 4.69) is 12.2 Å². The van der Waals surface area contributed by atoms with Crippen molar-refractivity contribution < 1.29 is 4.74 Å². The van der Waals surface area contributed by atoms with Gasteiger partial charge in [-0.25, -0.2) is 0 Å². The molecule has 0 atom stereocenters. The number of hydrogen-bond acceptors (Lipinski definition) is 2. The Morgan fingerprint density at radius 3 is 2.50 bits per heavy atom. The summed E-state index contributed by atoms with van der Waals surface area (Å²) in [5.74, 6) is 0. The van der Waals surface area contributed by atoms with Crippen LogP contribution in [-0.4, -0.2) is 18.7 Å². The summed E-state index contributed by atoms with van der Waals surface area (Å²) in [5.41, 5.74) is 1.25. The SMILES string of the molecule is CCNCC1(OCc2ccc(Cl)cc2)CCCC1. The van der Waals surface area contributed by atoms with Crippen LogP contribution >= 0.6 is 11.6 Å². The first-order valence-electron chi connectivity index (χ1n) is 6.83. The average molecular weight is 268 g/mol. The highest BCUT2D eigenvalue weighted by Crippen LogP contribution is 2.33. The number of ether oxygens (including phenoxy) is 1. The lowest BCUT2D eigenvalue weighted by Gasteiger charge is -2.29. The summed E-state index contributed by atoms with van der Waals surface area (Å²) < 4.78 is 6.21. The van der Waals surface area contributed by atoms with Crippen molar-refractivity contribution in [3.63, 3.8) is 0 Å². The van der Waals surface area contributed by atoms with E-state index in [1.54, 1.807) is 0 Å². The summed E-state index contributed by atoms with van der Waals surface area (Å²) >= 11 is 5.88. The van der Waals surface area contributed by atoms with Crippen LogP contribution in [0.3, 0.4) is 0 Å². The summed E-state index contributed by atoms with van der Waals surface area (Å²) in [7, 11) is 0. The fourth-order valence-corrected chi connectivity index (χ4v) is 2.69. The molecule has 0 aromatic heterocycles. The average Bonchev–Trinajstić information content (AvgIpc) is 2.85. The van der Waals surface area contributed by atoms with Crippen LogP contribution in [0, 0.1) is 0 Å². The number of nitrogens with one attached hydrogen (secondary N) is 1. The zero-order valence-corrected chi connectivity index (χ0v) is 11.8. The van der Waals surface area contributed by atoms with Crippen LogP contribution in [0.25, 0.3) is 0 Å². The van der Waals surface area contributed by atoms with Crippen LogP contribution in [-0.2, 0) is 11.3 Å². The predicted octanol–water partition coefficient (Wildman–Crippen LogP) is 3.78. The van der Waals surface area contributed by atoms with Gasteiger partial charge in [-0.05, 0) is 37.1 Å². The van der Waals surface area contributed by atoms with E-state index in [1.165, 1.54) is 31.2 Å². The maximum atomic E-state index is 6.21. The van der Waals surface area contributed by atoms with Crippen molar-refractivity contribution in [3.05, 3.63) is 34.9 Å². The minimum Gasteiger partial charge on any atom is -0.369 e. The van der Waals surface area contributed by atoms with Gasteiger partial charge < -0.3 is 10.1 Å². The highest BCUT2D eigenvalue weighted by Gasteiger charge is 2.34. The van der Waals surface area contributed by atoms with Crippen molar-refractivity contribution in [2.75, 3.05) is 13.1 Å². The first-order valence-corrected chi connectivity index (χ1v) is 7.21. The molecule has 0 bridgehead atoms. The van der Waals surface area contributed by atoms with Gasteiger partial charge in [0.25, 0.3) is 0 Å². The maximum Gasteiger partial charge on any atom is 0.0810 e. The van der Waals surface area contributed by atoms with Gasteiger partial charge >= 0.3 is 0 Å². The lowest BCUT2D eigenvalue weighted by atomic mass is 10.0. The van der Waals surface area contributed by atoms with E-state index in [0.717, 1.165) is 18.1 Å². The Balaban J connectivity index is 1.91. The minimum absolute atomic E-state index is 0.0512. The maximum absolute atomic E-state index is 6.21. The molecule has 0 radical (unpaired) electrons. The van der Waals surface area contributed by atoms with E-state index in [-0.39, 0.29) is 5.60 Å². The summed E-state index contributed by atoms with van der Waals surface area (Å²) in [6, 6.07) is 7.92. The lowest BCUT2D eigenvalue weighted by Crippen LogP contribution is -2.40. The molecule has 1 aromatic carbocycles. The molecular weight excluding hydrogens is 246 g/mol. The van der Waals surface area contributed by atoms with Crippen LogP contribution in [0.1, 0.15) is 38.2 Å². The largest absolute Gasteiger partial charge is 0.369 e. The number of hydrogen-bond donors (Lipinski definition) is 1. The normalized spacial score (nSPS) is 18.1. The molecule has 1 N–H and O–H groups in total. The summed E-state index contributed by atoms with van der Waals surface area (Å²) in [6.45, 7) is 4.80. The number of halogens is 1. The van der Waals surface area contributed by atoms with E-state index in [1.807, 2.05) is 24.3 Å². The topological polar surface area (TPSA) is 21.3 Å². The molecule has 0 heterocycles. The molecule has 1 saturated carbocycles. The molecule has 2 nitrogen and oxygen atoms in total. The second-order valence-electron chi connectivity index (χ2n) is 5.09. The third-order valence-electron chi connectivity index (χ3n) is 3.67. The van der Waals surface area contributed by atoms with Crippen molar-refractivity contribution in [1.29, 1.82) is 0 Å². The highest BCUT2D eigenvalue weighted by atomic mass is 35.5. The number of rotatable bonds is 6. The van der Waals surface area contributed by atoms with Gasteiger partial charge in [0.2, 0.25) is 0 Å². The quantitative estimate of drug-likeness (QED) is 0.847. The second kappa shape index (κ2) is 6.55. The van der Waals surface area contributed by atoms with Crippen molar-refractivity contribution in [1.82, 2.24) is 5.32 Å². The fraction of sp³-hybridized carbons (Fsp3) is 0.600. The summed E-state index contributed by atoms with van der Waals surface area (Å²) in [6.07, 6.45) is 4.92. The fourth-order valence-electron chi connectivity index (χ4n) is 2.56. The highest BCUT2D eigenvalue weighted by molar-refractivity contribution is 6.30. The number of likely N-dealkylation sites (N-methyl/N-ethyl adjacent to an activating group) is 1. The molecule has 0 aliphatic heterocycles. The summed E-state index contributed by atoms with van der Waals surface area (Å²) in [4.78, 5) is 0. The Labute approximate surface area is 115 Å². The van der Waals surface area contributed by atoms with Crippen molar-refractivity contribution in [2.24, 2.45) is 0 Å². The van der Waals surface area contributed by atoms with Crippen LogP contribution in [0.4, 0.5) is 0 Å². The van der Waals surface area contributed by atoms with E-state index in [4.69, 9.17) is 16.3 Å². The molecular formula is C15H22ClNO. The minimum atomic E-state index is 0.0512. The van der Waals surface area contributed by atoms with Crippen molar-refractivity contribution in [2.45, 2.75) is 44.8 Å². The smallest absolute Gasteiger partial charge is 0.0810 e. The van der Waals surface area contributed by atoms with Gasteiger partial charge in [0.1, 0.15) is 0 Å². The van der Waals surface area contributed by atoms with E-state index < -0.39 is 0 Å². The Bertz CT molecular complexity index is 357. The zero-order chi connectivity index (χ0) is 12.8. The molecule has 18 heavy (non-hydrogen) atoms. The van der Waals surface area contributed by atoms with Gasteiger partial charge in [0.05, 0.1) is 12.2 Å². The molecule has 1 aliphatic carbocycles. The van der Waals surface area contributed by atoms with Crippen LogP contribution < -0.4 is 5.32 Å². The van der Waals surface area contributed by atoms with Gasteiger partial charge in [0, 0.05) is 11.6 Å². The Morgan fingerprint density at radius 2 is 1.89 bits per heavy atom. The molecule has 0 spiro atoms. The Hall–Kier alpha value is -0.570. The van der Waals surface area contributed by atoms with Gasteiger partial charge in [-0.3, -0.25) is 0 Å². The molecule has 0 saturated heterocycles. The van der Waals surface area contributed by atoms with E-state index >= 15 is 0 Å². The lowest BCUT2D eigenvalue weighted by molar-refractivity contribution is -0.0501. The molecule has 1 fully saturated rings. The third kappa shape index (κ3) is 3.71. The van der Waals surface area contributed by atoms with Gasteiger partial charge in [0.15, 0.2) is 0 Å². The van der Waals surface area contributed by atoms with E-state index in [9.17, 15) is 0 Å². The molecule has 1 aliphatic rings. The standard InChI is InChI=1S/C15H22ClNO/c1-2-17-12-15(9-3-4-10-15)18-11-13-5-7-14(16)8-6-13/h5-8,17H,2-4,9-12H2,1H3. The van der Waals surface area contributed by atoms with Gasteiger partial charge in [-0.15, -0.1) is 0 Å². The first-order chi connectivity index (χ1) is 8.74. The molecule has 2 rings (SSSR count). The second-order valence-corrected chi connectivity index (χ2v) is 5.52. The molecule has 1 aromatic rings. The third-order valence-corrected chi connectivity index (χ3v) is 3.92. The number of benzene rings is 1. The Kier molecular flexibility index (Phi) is 5.04. The monoisotopic (exact) mass is 267 g/mol. The van der Waals surface area contributed by atoms with Gasteiger partial charge in [-0.1, -0.05) is 43.5 Å². The van der Waals surface area contributed by atoms with Crippen molar-refractivity contribution >= 4 is 11.6 Å². The van der Waals surface area contributed by atoms with E-state index in [0.29, 0.717) is 6.61 Å². The van der Waals surface area contributed by atoms with Crippen molar-refractivity contribution in [3.8, 4) is 0 Å². The molecule has 0 amide bonds. The van der Waals surface area contributed by atoms with Crippen LogP contribution in [0.15, 0.2) is 24.3 Å². The Morgan fingerprint density at radius 1 is 1.22 bits per heavy atom.